The molecule has 0 spiro atoms. The van der Waals surface area contributed by atoms with Crippen LogP contribution in [0.15, 0.2) is 42.5 Å². The van der Waals surface area contributed by atoms with Crippen LogP contribution in [0.5, 0.6) is 0 Å². The predicted octanol–water partition coefficient (Wildman–Crippen LogP) is 3.79. The molecule has 1 amide bonds. The van der Waals surface area contributed by atoms with E-state index in [-0.39, 0.29) is 24.0 Å². The van der Waals surface area contributed by atoms with Crippen molar-refractivity contribution in [1.29, 1.82) is 0 Å². The number of para-hydroxylation sites is 1. The number of amides is 1. The normalized spacial score (nSPS) is 10.5. The van der Waals surface area contributed by atoms with Gasteiger partial charge in [0.25, 0.3) is 5.91 Å². The lowest BCUT2D eigenvalue weighted by atomic mass is 10.0. The first kappa shape index (κ1) is 18.3. The third-order valence-corrected chi connectivity index (χ3v) is 4.10. The van der Waals surface area contributed by atoms with Gasteiger partial charge in [0.1, 0.15) is 0 Å². The van der Waals surface area contributed by atoms with E-state index in [1.165, 1.54) is 0 Å². The first-order chi connectivity index (χ1) is 11.4. The predicted molar refractivity (Wildman–Crippen MR) is 103 cm³/mol. The highest BCUT2D eigenvalue weighted by atomic mass is 127. The van der Waals surface area contributed by atoms with Crippen LogP contribution < -0.4 is 11.1 Å². The number of halogens is 1. The monoisotopic (exact) mass is 438 g/mol. The first-order valence-corrected chi connectivity index (χ1v) is 8.57. The van der Waals surface area contributed by atoms with Crippen LogP contribution in [-0.4, -0.2) is 18.5 Å². The van der Waals surface area contributed by atoms with Crippen molar-refractivity contribution in [2.45, 2.75) is 19.8 Å². The van der Waals surface area contributed by atoms with Gasteiger partial charge in [-0.25, -0.2) is 4.79 Å². The van der Waals surface area contributed by atoms with Crippen molar-refractivity contribution in [2.75, 3.05) is 17.7 Å². The molecule has 2 aromatic rings. The summed E-state index contributed by atoms with van der Waals surface area (Å²) in [7, 11) is 0. The van der Waals surface area contributed by atoms with Crippen molar-refractivity contribution >= 4 is 45.8 Å². The number of carbonyl (C=O) groups excluding carboxylic acids is 2. The fourth-order valence-corrected chi connectivity index (χ4v) is 2.72. The molecule has 0 aliphatic carbocycles. The van der Waals surface area contributed by atoms with E-state index in [0.717, 1.165) is 14.8 Å². The Bertz CT molecular complexity index is 760. The lowest BCUT2D eigenvalue weighted by molar-refractivity contribution is -0.119. The van der Waals surface area contributed by atoms with E-state index in [2.05, 4.69) is 41.8 Å². The smallest absolute Gasteiger partial charge is 0.340 e. The van der Waals surface area contributed by atoms with Crippen LogP contribution in [0.3, 0.4) is 0 Å². The molecule has 0 saturated heterocycles. The van der Waals surface area contributed by atoms with Gasteiger partial charge in [0.05, 0.1) is 5.56 Å². The highest BCUT2D eigenvalue weighted by Crippen LogP contribution is 2.26. The second kappa shape index (κ2) is 8.14. The van der Waals surface area contributed by atoms with Gasteiger partial charge in [-0.05, 0) is 64.4 Å². The van der Waals surface area contributed by atoms with Crippen LogP contribution in [0.1, 0.15) is 35.7 Å². The zero-order valence-electron chi connectivity index (χ0n) is 13.5. The minimum absolute atomic E-state index is 0.252. The molecule has 2 aromatic carbocycles. The van der Waals surface area contributed by atoms with Crippen LogP contribution in [0.2, 0.25) is 0 Å². The van der Waals surface area contributed by atoms with E-state index in [1.807, 2.05) is 18.2 Å². The number of hydrogen-bond acceptors (Lipinski definition) is 4. The molecule has 126 valence electrons. The van der Waals surface area contributed by atoms with Crippen molar-refractivity contribution in [2.24, 2.45) is 0 Å². The van der Waals surface area contributed by atoms with Gasteiger partial charge in [0.15, 0.2) is 6.61 Å². The minimum atomic E-state index is -0.616. The third-order valence-electron chi connectivity index (χ3n) is 3.42. The van der Waals surface area contributed by atoms with Crippen LogP contribution in [0, 0.1) is 3.57 Å². The summed E-state index contributed by atoms with van der Waals surface area (Å²) in [6, 6.07) is 12.4. The van der Waals surface area contributed by atoms with E-state index in [4.69, 9.17) is 10.5 Å². The zero-order chi connectivity index (χ0) is 17.7. The average molecular weight is 438 g/mol. The first-order valence-electron chi connectivity index (χ1n) is 7.49. The summed E-state index contributed by atoms with van der Waals surface area (Å²) in [5, 5.41) is 2.79. The number of benzene rings is 2. The molecule has 3 N–H and O–H groups in total. The molecular weight excluding hydrogens is 419 g/mol. The number of hydrogen-bond donors (Lipinski definition) is 2. The molecule has 0 aromatic heterocycles. The Morgan fingerprint density at radius 3 is 2.58 bits per heavy atom. The van der Waals surface area contributed by atoms with Crippen LogP contribution >= 0.6 is 22.6 Å². The van der Waals surface area contributed by atoms with E-state index >= 15 is 0 Å². The largest absolute Gasteiger partial charge is 0.452 e. The van der Waals surface area contributed by atoms with Crippen LogP contribution in [-0.2, 0) is 9.53 Å². The number of esters is 1. The van der Waals surface area contributed by atoms with Gasteiger partial charge in [-0.3, -0.25) is 4.79 Å². The Hall–Kier alpha value is -2.09. The summed E-state index contributed by atoms with van der Waals surface area (Å²) in [4.78, 5) is 24.0. The van der Waals surface area contributed by atoms with Gasteiger partial charge in [-0.2, -0.15) is 0 Å². The Kier molecular flexibility index (Phi) is 6.19. The molecule has 0 fully saturated rings. The second-order valence-electron chi connectivity index (χ2n) is 5.60. The van der Waals surface area contributed by atoms with E-state index in [1.54, 1.807) is 24.3 Å². The van der Waals surface area contributed by atoms with Crippen molar-refractivity contribution < 1.29 is 14.3 Å². The standard InChI is InChI=1S/C18H19IN2O3/c1-11(2)14-9-12(19)7-8-16(14)21-17(22)10-24-18(23)13-5-3-4-6-15(13)20/h3-9,11H,10,20H2,1-2H3,(H,21,22). The van der Waals surface area contributed by atoms with Crippen molar-refractivity contribution in [3.05, 3.63) is 57.2 Å². The third kappa shape index (κ3) is 4.70. The number of carbonyl (C=O) groups is 2. The molecule has 0 unspecified atom stereocenters. The fraction of sp³-hybridized carbons (Fsp3) is 0.222. The Morgan fingerprint density at radius 1 is 1.21 bits per heavy atom. The maximum atomic E-state index is 12.1. The topological polar surface area (TPSA) is 81.4 Å². The minimum Gasteiger partial charge on any atom is -0.452 e. The Labute approximate surface area is 154 Å². The number of ether oxygens (including phenoxy) is 1. The highest BCUT2D eigenvalue weighted by molar-refractivity contribution is 14.1. The number of nitrogen functional groups attached to an aromatic ring is 1. The molecule has 6 heteroatoms. The quantitative estimate of drug-likeness (QED) is 0.423. The molecule has 0 radical (unpaired) electrons. The summed E-state index contributed by atoms with van der Waals surface area (Å²) >= 11 is 2.23. The van der Waals surface area contributed by atoms with E-state index in [9.17, 15) is 9.59 Å². The zero-order valence-corrected chi connectivity index (χ0v) is 15.7. The SMILES string of the molecule is CC(C)c1cc(I)ccc1NC(=O)COC(=O)c1ccccc1N. The van der Waals surface area contributed by atoms with Gasteiger partial charge < -0.3 is 15.8 Å². The van der Waals surface area contributed by atoms with Gasteiger partial charge in [0, 0.05) is 14.9 Å². The van der Waals surface area contributed by atoms with Crippen molar-refractivity contribution in [3.8, 4) is 0 Å². The summed E-state index contributed by atoms with van der Waals surface area (Å²) in [6.45, 7) is 3.75. The maximum Gasteiger partial charge on any atom is 0.340 e. The van der Waals surface area contributed by atoms with Crippen LogP contribution in [0.4, 0.5) is 11.4 Å². The Balaban J connectivity index is 1.99. The molecule has 24 heavy (non-hydrogen) atoms. The molecular formula is C18H19IN2O3. The van der Waals surface area contributed by atoms with E-state index in [0.29, 0.717) is 5.69 Å². The molecule has 2 rings (SSSR count). The maximum absolute atomic E-state index is 12.1. The number of rotatable bonds is 5. The molecule has 0 heterocycles. The summed E-state index contributed by atoms with van der Waals surface area (Å²) < 4.78 is 6.13. The fourth-order valence-electron chi connectivity index (χ4n) is 2.20. The van der Waals surface area contributed by atoms with Crippen molar-refractivity contribution in [3.63, 3.8) is 0 Å². The summed E-state index contributed by atoms with van der Waals surface area (Å²) in [5.41, 5.74) is 8.05. The molecule has 0 aliphatic rings. The lowest BCUT2D eigenvalue weighted by Crippen LogP contribution is -2.22. The number of anilines is 2. The molecule has 0 bridgehead atoms. The second-order valence-corrected chi connectivity index (χ2v) is 6.84. The summed E-state index contributed by atoms with van der Waals surface area (Å²) in [5.74, 6) is -0.738. The number of nitrogens with one attached hydrogen (secondary N) is 1. The number of nitrogens with two attached hydrogens (primary N) is 1. The van der Waals surface area contributed by atoms with Crippen LogP contribution in [0.25, 0.3) is 0 Å². The highest BCUT2D eigenvalue weighted by Gasteiger charge is 2.14. The molecule has 0 atom stereocenters. The lowest BCUT2D eigenvalue weighted by Gasteiger charge is -2.14. The molecule has 0 aliphatic heterocycles. The van der Waals surface area contributed by atoms with Gasteiger partial charge in [-0.15, -0.1) is 0 Å². The van der Waals surface area contributed by atoms with Gasteiger partial charge in [-0.1, -0.05) is 26.0 Å². The van der Waals surface area contributed by atoms with E-state index < -0.39 is 5.97 Å². The van der Waals surface area contributed by atoms with Gasteiger partial charge >= 0.3 is 5.97 Å². The molecule has 0 saturated carbocycles. The van der Waals surface area contributed by atoms with Gasteiger partial charge in [0.2, 0.25) is 0 Å². The summed E-state index contributed by atoms with van der Waals surface area (Å²) in [6.07, 6.45) is 0. The Morgan fingerprint density at radius 2 is 1.92 bits per heavy atom. The molecule has 5 nitrogen and oxygen atoms in total. The van der Waals surface area contributed by atoms with Crippen molar-refractivity contribution in [1.82, 2.24) is 0 Å². The average Bonchev–Trinajstić information content (AvgIpc) is 2.54.